The number of rotatable bonds is 4. The number of aromatic nitrogens is 2. The minimum atomic E-state index is -1.07. The first-order chi connectivity index (χ1) is 14.5. The molecule has 1 saturated heterocycles. The quantitative estimate of drug-likeness (QED) is 0.631. The monoisotopic (exact) mass is 429 g/mol. The van der Waals surface area contributed by atoms with E-state index in [4.69, 9.17) is 21.4 Å². The van der Waals surface area contributed by atoms with Crippen molar-refractivity contribution >= 4 is 18.0 Å². The molecule has 1 aromatic carbocycles. The number of amides is 2. The summed E-state index contributed by atoms with van der Waals surface area (Å²) in [6.45, 7) is 5.84. The average Bonchev–Trinajstić information content (AvgIpc) is 3.04. The molecule has 0 aliphatic carbocycles. The third kappa shape index (κ3) is 4.62. The minimum absolute atomic E-state index is 0.0206. The number of piperidine rings is 1. The zero-order valence-electron chi connectivity index (χ0n) is 17.8. The summed E-state index contributed by atoms with van der Waals surface area (Å²) in [4.78, 5) is 42.2. The van der Waals surface area contributed by atoms with Gasteiger partial charge in [0, 0.05) is 12.1 Å². The summed E-state index contributed by atoms with van der Waals surface area (Å²) >= 11 is 0. The van der Waals surface area contributed by atoms with Crippen molar-refractivity contribution in [1.82, 2.24) is 14.6 Å². The Kier molecular flexibility index (Phi) is 5.92. The Morgan fingerprint density at radius 3 is 2.35 bits per heavy atom. The van der Waals surface area contributed by atoms with E-state index in [1.807, 2.05) is 0 Å². The number of aromatic carboxylic acids is 1. The summed E-state index contributed by atoms with van der Waals surface area (Å²) in [6, 6.07) is 5.40. The molecule has 0 saturated carbocycles. The van der Waals surface area contributed by atoms with E-state index in [1.54, 1.807) is 25.7 Å². The predicted octanol–water partition coefficient (Wildman–Crippen LogP) is 2.52. The van der Waals surface area contributed by atoms with Crippen LogP contribution in [0.15, 0.2) is 24.3 Å². The van der Waals surface area contributed by atoms with Gasteiger partial charge in [-0.3, -0.25) is 9.69 Å². The van der Waals surface area contributed by atoms with Crippen molar-refractivity contribution in [3.63, 3.8) is 0 Å². The molecule has 0 unspecified atom stereocenters. The van der Waals surface area contributed by atoms with Crippen LogP contribution in [0.25, 0.3) is 11.3 Å². The van der Waals surface area contributed by atoms with Crippen LogP contribution in [-0.2, 0) is 4.74 Å². The molecule has 2 aromatic rings. The van der Waals surface area contributed by atoms with Gasteiger partial charge in [-0.25, -0.2) is 19.2 Å². The number of carboxylic acid groups (broad SMARTS) is 1. The van der Waals surface area contributed by atoms with Crippen LogP contribution in [0.4, 0.5) is 4.79 Å². The van der Waals surface area contributed by atoms with E-state index in [0.29, 0.717) is 24.4 Å². The van der Waals surface area contributed by atoms with Crippen molar-refractivity contribution in [2.45, 2.75) is 51.7 Å². The number of benzene rings is 1. The Hall–Kier alpha value is -3.56. The number of carboxylic acids is 1. The fourth-order valence-electron chi connectivity index (χ4n) is 3.63. The lowest BCUT2D eigenvalue weighted by Crippen LogP contribution is -2.43. The molecule has 0 bridgehead atoms. The van der Waals surface area contributed by atoms with Crippen LogP contribution >= 0.6 is 0 Å². The molecule has 1 fully saturated rings. The van der Waals surface area contributed by atoms with Gasteiger partial charge in [-0.2, -0.15) is 0 Å². The number of ether oxygens (including phenoxy) is 1. The van der Waals surface area contributed by atoms with Gasteiger partial charge >= 0.3 is 12.1 Å². The minimum Gasteiger partial charge on any atom is -0.478 e. The smallest absolute Gasteiger partial charge is 0.410 e. The van der Waals surface area contributed by atoms with Crippen LogP contribution in [0.3, 0.4) is 0 Å². The average molecular weight is 429 g/mol. The van der Waals surface area contributed by atoms with Gasteiger partial charge in [0.2, 0.25) is 0 Å². The highest BCUT2D eigenvalue weighted by Crippen LogP contribution is 2.34. The summed E-state index contributed by atoms with van der Waals surface area (Å²) < 4.78 is 6.66. The van der Waals surface area contributed by atoms with Crippen molar-refractivity contribution in [3.8, 4) is 11.3 Å². The van der Waals surface area contributed by atoms with Gasteiger partial charge in [0.15, 0.2) is 11.5 Å². The lowest BCUT2D eigenvalue weighted by molar-refractivity contribution is 0.00820. The van der Waals surface area contributed by atoms with E-state index in [0.717, 1.165) is 17.5 Å². The predicted molar refractivity (Wildman–Crippen MR) is 113 cm³/mol. The van der Waals surface area contributed by atoms with Gasteiger partial charge in [0.25, 0.3) is 5.91 Å². The molecular weight excluding hydrogens is 402 g/mol. The maximum atomic E-state index is 12.8. The molecule has 1 aromatic heterocycles. The number of carbonyl (C=O) groups excluding carboxylic acids is 2. The molecule has 3 rings (SSSR count). The third-order valence-corrected chi connectivity index (χ3v) is 5.01. The zero-order chi connectivity index (χ0) is 22.9. The highest BCUT2D eigenvalue weighted by molar-refractivity contribution is 5.98. The van der Waals surface area contributed by atoms with Crippen LogP contribution in [0, 0.1) is 0 Å². The molecule has 0 radical (unpaired) electrons. The van der Waals surface area contributed by atoms with Crippen LogP contribution in [-0.4, -0.2) is 49.8 Å². The zero-order valence-corrected chi connectivity index (χ0v) is 17.8. The van der Waals surface area contributed by atoms with Crippen molar-refractivity contribution < 1.29 is 24.2 Å². The largest absolute Gasteiger partial charge is 0.478 e. The first-order valence-corrected chi connectivity index (χ1v) is 10.0. The van der Waals surface area contributed by atoms with Gasteiger partial charge in [0.1, 0.15) is 11.3 Å². The topological polar surface area (TPSA) is 154 Å². The number of likely N-dealkylation sites (tertiary alicyclic amines) is 1. The number of hydrogen-bond donors (Lipinski definition) is 3. The summed E-state index contributed by atoms with van der Waals surface area (Å²) in [5.74, 6) is 4.69. The van der Waals surface area contributed by atoms with Crippen molar-refractivity contribution in [2.24, 2.45) is 5.73 Å². The normalized spacial score (nSPS) is 16.7. The summed E-state index contributed by atoms with van der Waals surface area (Å²) in [7, 11) is 0. The Morgan fingerprint density at radius 1 is 1.16 bits per heavy atom. The molecule has 10 heteroatoms. The van der Waals surface area contributed by atoms with E-state index in [2.05, 4.69) is 4.98 Å². The molecule has 0 spiro atoms. The maximum absolute atomic E-state index is 12.8. The van der Waals surface area contributed by atoms with Crippen molar-refractivity contribution in [3.05, 3.63) is 41.3 Å². The van der Waals surface area contributed by atoms with E-state index >= 15 is 0 Å². The molecule has 2 heterocycles. The second-order valence-corrected chi connectivity index (χ2v) is 8.47. The van der Waals surface area contributed by atoms with Gasteiger partial charge in [-0.1, -0.05) is 12.1 Å². The molecule has 1 aliphatic rings. The second kappa shape index (κ2) is 8.29. The molecule has 1 aliphatic heterocycles. The van der Waals surface area contributed by atoms with E-state index in [9.17, 15) is 14.4 Å². The van der Waals surface area contributed by atoms with Gasteiger partial charge in [-0.15, -0.1) is 0 Å². The van der Waals surface area contributed by atoms with Crippen LogP contribution in [0.1, 0.15) is 72.7 Å². The highest BCUT2D eigenvalue weighted by atomic mass is 16.6. The van der Waals surface area contributed by atoms with Crippen LogP contribution in [0.2, 0.25) is 0 Å². The highest BCUT2D eigenvalue weighted by Gasteiger charge is 2.36. The molecule has 1 atom stereocenters. The maximum Gasteiger partial charge on any atom is 0.410 e. The number of imidazole rings is 1. The number of carbonyl (C=O) groups is 3. The number of nitrogen functional groups attached to an aromatic ring is 1. The molecule has 31 heavy (non-hydrogen) atoms. The number of nitrogens with two attached hydrogens (primary N) is 2. The number of primary amides is 1. The third-order valence-electron chi connectivity index (χ3n) is 5.01. The number of hydrogen-bond acceptors (Lipinski definition) is 6. The van der Waals surface area contributed by atoms with Crippen molar-refractivity contribution in [2.75, 3.05) is 12.4 Å². The fraction of sp³-hybridized carbons (Fsp3) is 0.429. The standard InChI is InChI=1S/C21H27N5O5/c1-21(2,3)31-20(30)25-11-5-4-6-14(25)18-24-15(16(17(22)27)26(18)23)12-7-9-13(10-8-12)19(28)29/h7-10,14H,4-6,11,23H2,1-3H3,(H2,22,27)(H,28,29)/t14-/m0/s1. The van der Waals surface area contributed by atoms with Gasteiger partial charge < -0.3 is 21.4 Å². The molecular formula is C21H27N5O5. The SMILES string of the molecule is CC(C)(C)OC(=O)N1CCCC[C@H]1c1nc(-c2ccc(C(=O)O)cc2)c(C(N)=O)n1N. The summed E-state index contributed by atoms with van der Waals surface area (Å²) in [5, 5.41) is 9.11. The first-order valence-electron chi connectivity index (χ1n) is 10.0. The van der Waals surface area contributed by atoms with Crippen LogP contribution < -0.4 is 11.6 Å². The summed E-state index contributed by atoms with van der Waals surface area (Å²) in [6.07, 6.45) is 1.79. The van der Waals surface area contributed by atoms with Crippen molar-refractivity contribution in [1.29, 1.82) is 0 Å². The van der Waals surface area contributed by atoms with Crippen LogP contribution in [0.5, 0.6) is 0 Å². The van der Waals surface area contributed by atoms with Gasteiger partial charge in [0.05, 0.1) is 11.6 Å². The van der Waals surface area contributed by atoms with E-state index in [1.165, 1.54) is 24.3 Å². The molecule has 10 nitrogen and oxygen atoms in total. The lowest BCUT2D eigenvalue weighted by atomic mass is 10.0. The molecule has 166 valence electrons. The fourth-order valence-corrected chi connectivity index (χ4v) is 3.63. The van der Waals surface area contributed by atoms with E-state index < -0.39 is 29.6 Å². The van der Waals surface area contributed by atoms with E-state index in [-0.39, 0.29) is 17.0 Å². The Balaban J connectivity index is 2.04. The number of nitrogens with zero attached hydrogens (tertiary/aromatic N) is 3. The molecule has 5 N–H and O–H groups in total. The first kappa shape index (κ1) is 22.1. The Morgan fingerprint density at radius 2 is 1.81 bits per heavy atom. The van der Waals surface area contributed by atoms with Gasteiger partial charge in [-0.05, 0) is 52.2 Å². The lowest BCUT2D eigenvalue weighted by Gasteiger charge is -2.36. The molecule has 2 amide bonds. The Labute approximate surface area is 179 Å². The summed E-state index contributed by atoms with van der Waals surface area (Å²) in [5.41, 5.74) is 5.71. The Bertz CT molecular complexity index is 1010. The second-order valence-electron chi connectivity index (χ2n) is 8.47.